The smallest absolute Gasteiger partial charge is 0.266 e. The molecule has 3 aromatic rings. The highest BCUT2D eigenvalue weighted by Gasteiger charge is 2.19. The van der Waals surface area contributed by atoms with E-state index in [1.54, 1.807) is 31.2 Å². The zero-order chi connectivity index (χ0) is 20.4. The summed E-state index contributed by atoms with van der Waals surface area (Å²) in [4.78, 5) is 17.9. The molecule has 0 saturated heterocycles. The highest BCUT2D eigenvalue weighted by atomic mass is 35.5. The van der Waals surface area contributed by atoms with E-state index in [9.17, 15) is 9.18 Å². The summed E-state index contributed by atoms with van der Waals surface area (Å²) < 4.78 is 18.9. The molecule has 0 spiro atoms. The molecular formula is C21H20ClFN2O2S. The van der Waals surface area contributed by atoms with E-state index in [4.69, 9.17) is 16.3 Å². The quantitative estimate of drug-likeness (QED) is 0.558. The van der Waals surface area contributed by atoms with Gasteiger partial charge in [0, 0.05) is 15.5 Å². The van der Waals surface area contributed by atoms with Gasteiger partial charge in [-0.1, -0.05) is 11.6 Å². The average molecular weight is 419 g/mol. The second kappa shape index (κ2) is 8.29. The second-order valence-electron chi connectivity index (χ2n) is 6.55. The van der Waals surface area contributed by atoms with Gasteiger partial charge in [0.1, 0.15) is 11.6 Å². The lowest BCUT2D eigenvalue weighted by atomic mass is 10.1. The Morgan fingerprint density at radius 3 is 2.39 bits per heavy atom. The molecular weight excluding hydrogens is 399 g/mol. The van der Waals surface area contributed by atoms with Crippen molar-refractivity contribution in [3.63, 3.8) is 0 Å². The maximum absolute atomic E-state index is 13.1. The highest BCUT2D eigenvalue weighted by Crippen LogP contribution is 2.31. The molecule has 0 radical (unpaired) electrons. The standard InChI is InChI=1S/C21H20ClFN2O2S/c1-11-9-17(10-12(2)18(11)22)27-13(3)20(26)25-21-24-19(14(4)28-21)15-5-7-16(23)8-6-15/h5-10,13H,1-4H3,(H,24,25,26). The van der Waals surface area contributed by atoms with Crippen LogP contribution in [0.1, 0.15) is 22.9 Å². The zero-order valence-corrected chi connectivity index (χ0v) is 17.5. The number of nitrogens with zero attached hydrogens (tertiary/aromatic N) is 1. The van der Waals surface area contributed by atoms with Crippen molar-refractivity contribution < 1.29 is 13.9 Å². The van der Waals surface area contributed by atoms with Crippen LogP contribution in [0.3, 0.4) is 0 Å². The average Bonchev–Trinajstić information content (AvgIpc) is 3.00. The minimum atomic E-state index is -0.710. The third-order valence-electron chi connectivity index (χ3n) is 4.24. The van der Waals surface area contributed by atoms with Crippen molar-refractivity contribution in [2.75, 3.05) is 5.32 Å². The predicted octanol–water partition coefficient (Wildman–Crippen LogP) is 5.93. The molecule has 0 fully saturated rings. The number of hydrogen-bond donors (Lipinski definition) is 1. The first-order valence-corrected chi connectivity index (χ1v) is 9.91. The summed E-state index contributed by atoms with van der Waals surface area (Å²) in [6.45, 7) is 7.37. The topological polar surface area (TPSA) is 51.2 Å². The second-order valence-corrected chi connectivity index (χ2v) is 8.13. The number of anilines is 1. The van der Waals surface area contributed by atoms with Crippen molar-refractivity contribution in [2.24, 2.45) is 0 Å². The summed E-state index contributed by atoms with van der Waals surface area (Å²) >= 11 is 7.53. The van der Waals surface area contributed by atoms with Crippen LogP contribution in [0.5, 0.6) is 5.75 Å². The van der Waals surface area contributed by atoms with Gasteiger partial charge >= 0.3 is 0 Å². The Labute approximate surface area is 172 Å². The fourth-order valence-corrected chi connectivity index (χ4v) is 3.71. The fourth-order valence-electron chi connectivity index (χ4n) is 2.76. The molecule has 1 amide bonds. The first-order chi connectivity index (χ1) is 13.2. The number of carbonyl (C=O) groups is 1. The van der Waals surface area contributed by atoms with Crippen LogP contribution in [-0.2, 0) is 4.79 Å². The largest absolute Gasteiger partial charge is 0.481 e. The van der Waals surface area contributed by atoms with Gasteiger partial charge in [-0.25, -0.2) is 9.37 Å². The number of halogens is 2. The van der Waals surface area contributed by atoms with Gasteiger partial charge in [-0.15, -0.1) is 11.3 Å². The van der Waals surface area contributed by atoms with E-state index in [0.29, 0.717) is 15.9 Å². The van der Waals surface area contributed by atoms with Crippen molar-refractivity contribution in [1.29, 1.82) is 0 Å². The number of rotatable bonds is 5. The van der Waals surface area contributed by atoms with E-state index < -0.39 is 6.10 Å². The zero-order valence-electron chi connectivity index (χ0n) is 16.0. The van der Waals surface area contributed by atoms with Gasteiger partial charge in [-0.2, -0.15) is 0 Å². The van der Waals surface area contributed by atoms with E-state index in [1.165, 1.54) is 23.5 Å². The molecule has 1 N–H and O–H groups in total. The third kappa shape index (κ3) is 4.51. The predicted molar refractivity (Wildman–Crippen MR) is 112 cm³/mol. The Morgan fingerprint density at radius 1 is 1.18 bits per heavy atom. The summed E-state index contributed by atoms with van der Waals surface area (Å²) in [6, 6.07) is 9.72. The molecule has 28 heavy (non-hydrogen) atoms. The van der Waals surface area contributed by atoms with E-state index in [-0.39, 0.29) is 11.7 Å². The number of hydrogen-bond acceptors (Lipinski definition) is 4. The van der Waals surface area contributed by atoms with E-state index in [0.717, 1.165) is 27.3 Å². The van der Waals surface area contributed by atoms with Gasteiger partial charge in [0.25, 0.3) is 5.91 Å². The van der Waals surface area contributed by atoms with E-state index >= 15 is 0 Å². The van der Waals surface area contributed by atoms with Crippen LogP contribution >= 0.6 is 22.9 Å². The van der Waals surface area contributed by atoms with Crippen LogP contribution in [0.4, 0.5) is 9.52 Å². The summed E-state index contributed by atoms with van der Waals surface area (Å²) in [5, 5.41) is 3.95. The maximum atomic E-state index is 13.1. The lowest BCUT2D eigenvalue weighted by Gasteiger charge is -2.15. The Balaban J connectivity index is 1.71. The Bertz CT molecular complexity index is 995. The van der Waals surface area contributed by atoms with Gasteiger partial charge in [0.05, 0.1) is 5.69 Å². The minimum Gasteiger partial charge on any atom is -0.481 e. The fraction of sp³-hybridized carbons (Fsp3) is 0.238. The highest BCUT2D eigenvalue weighted by molar-refractivity contribution is 7.16. The van der Waals surface area contributed by atoms with E-state index in [1.807, 2.05) is 20.8 Å². The van der Waals surface area contributed by atoms with E-state index in [2.05, 4.69) is 10.3 Å². The minimum absolute atomic E-state index is 0.301. The molecule has 1 unspecified atom stereocenters. The summed E-state index contributed by atoms with van der Waals surface area (Å²) in [5.74, 6) is -0.0159. The van der Waals surface area contributed by atoms with Crippen molar-refractivity contribution in [3.05, 3.63) is 63.2 Å². The van der Waals surface area contributed by atoms with Gasteiger partial charge in [-0.3, -0.25) is 10.1 Å². The lowest BCUT2D eigenvalue weighted by Crippen LogP contribution is -2.30. The number of carbonyl (C=O) groups excluding carboxylic acids is 1. The van der Waals surface area contributed by atoms with Gasteiger partial charge in [0.15, 0.2) is 11.2 Å². The van der Waals surface area contributed by atoms with Gasteiger partial charge < -0.3 is 4.74 Å². The number of amides is 1. The molecule has 4 nitrogen and oxygen atoms in total. The number of aryl methyl sites for hydroxylation is 3. The Kier molecular flexibility index (Phi) is 6.01. The molecule has 0 saturated carbocycles. The molecule has 1 aromatic heterocycles. The molecule has 1 atom stereocenters. The molecule has 7 heteroatoms. The number of thiazole rings is 1. The van der Waals surface area contributed by atoms with Crippen molar-refractivity contribution in [1.82, 2.24) is 4.98 Å². The summed E-state index contributed by atoms with van der Waals surface area (Å²) in [7, 11) is 0. The normalized spacial score (nSPS) is 11.9. The number of aromatic nitrogens is 1. The van der Waals surface area contributed by atoms with Crippen LogP contribution in [0.25, 0.3) is 11.3 Å². The summed E-state index contributed by atoms with van der Waals surface area (Å²) in [6.07, 6.45) is -0.710. The van der Waals surface area contributed by atoms with Crippen LogP contribution in [0, 0.1) is 26.6 Å². The monoisotopic (exact) mass is 418 g/mol. The van der Waals surface area contributed by atoms with Crippen molar-refractivity contribution in [3.8, 4) is 17.0 Å². The number of benzene rings is 2. The van der Waals surface area contributed by atoms with Crippen molar-refractivity contribution >= 4 is 34.0 Å². The molecule has 1 heterocycles. The molecule has 2 aromatic carbocycles. The van der Waals surface area contributed by atoms with Gasteiger partial charge in [-0.05, 0) is 75.2 Å². The maximum Gasteiger partial charge on any atom is 0.266 e. The van der Waals surface area contributed by atoms with Crippen LogP contribution < -0.4 is 10.1 Å². The summed E-state index contributed by atoms with van der Waals surface area (Å²) in [5.41, 5.74) is 3.30. The van der Waals surface area contributed by atoms with Crippen LogP contribution in [0.15, 0.2) is 36.4 Å². The third-order valence-corrected chi connectivity index (χ3v) is 5.72. The molecule has 146 valence electrons. The lowest BCUT2D eigenvalue weighted by molar-refractivity contribution is -0.122. The molecule has 0 bridgehead atoms. The first kappa shape index (κ1) is 20.3. The Morgan fingerprint density at radius 2 is 1.79 bits per heavy atom. The molecule has 0 aliphatic heterocycles. The Hall–Kier alpha value is -2.44. The van der Waals surface area contributed by atoms with Crippen molar-refractivity contribution in [2.45, 2.75) is 33.8 Å². The molecule has 3 rings (SSSR count). The van der Waals surface area contributed by atoms with Gasteiger partial charge in [0.2, 0.25) is 0 Å². The number of ether oxygens (including phenoxy) is 1. The molecule has 0 aliphatic rings. The SMILES string of the molecule is Cc1cc(OC(C)C(=O)Nc2nc(-c3ccc(F)cc3)c(C)s2)cc(C)c1Cl. The first-order valence-electron chi connectivity index (χ1n) is 8.72. The van der Waals surface area contributed by atoms with Crippen LogP contribution in [0.2, 0.25) is 5.02 Å². The molecule has 0 aliphatic carbocycles. The number of nitrogens with one attached hydrogen (secondary N) is 1. The van der Waals surface area contributed by atoms with Crippen LogP contribution in [-0.4, -0.2) is 17.0 Å².